The summed E-state index contributed by atoms with van der Waals surface area (Å²) in [4.78, 5) is 13.0. The van der Waals surface area contributed by atoms with E-state index in [9.17, 15) is 4.79 Å². The zero-order valence-electron chi connectivity index (χ0n) is 17.8. The van der Waals surface area contributed by atoms with Gasteiger partial charge in [0.15, 0.2) is 16.6 Å². The van der Waals surface area contributed by atoms with E-state index in [-0.39, 0.29) is 10.7 Å². The number of ether oxygens (including phenoxy) is 3. The maximum Gasteiger partial charge on any atom is 0.253 e. The number of benzene rings is 2. The van der Waals surface area contributed by atoms with Crippen LogP contribution in [0.2, 0.25) is 0 Å². The molecular formula is C20H20Br2Cl3N3O4S. The Kier molecular flexibility index (Phi) is 10.2. The van der Waals surface area contributed by atoms with Gasteiger partial charge in [0.05, 0.1) is 27.0 Å². The fraction of sp³-hybridized carbons (Fsp3) is 0.300. The Labute approximate surface area is 229 Å². The lowest BCUT2D eigenvalue weighted by atomic mass is 10.1. The number of aryl methyl sites for hydroxylation is 1. The lowest BCUT2D eigenvalue weighted by Crippen LogP contribution is -2.56. The maximum absolute atomic E-state index is 13.0. The van der Waals surface area contributed by atoms with E-state index in [1.807, 2.05) is 19.1 Å². The van der Waals surface area contributed by atoms with Crippen molar-refractivity contribution in [1.29, 1.82) is 0 Å². The molecule has 0 bridgehead atoms. The van der Waals surface area contributed by atoms with E-state index in [2.05, 4.69) is 47.8 Å². The second kappa shape index (κ2) is 12.0. The zero-order chi connectivity index (χ0) is 24.9. The van der Waals surface area contributed by atoms with Gasteiger partial charge in [-0.2, -0.15) is 0 Å². The highest BCUT2D eigenvalue weighted by Crippen LogP contribution is 2.38. The highest BCUT2D eigenvalue weighted by Gasteiger charge is 2.35. The molecule has 0 saturated heterocycles. The highest BCUT2D eigenvalue weighted by molar-refractivity contribution is 9.11. The largest absolute Gasteiger partial charge is 0.493 e. The summed E-state index contributed by atoms with van der Waals surface area (Å²) in [7, 11) is 4.34. The standard InChI is InChI=1S/C20H20Br2Cl3N3O4S/c1-9-5-11(21)15(12(22)6-9)26-19(33)28-18(20(23,24)25)27-17(29)10-7-13(30-2)16(32-4)14(8-10)31-3/h5-8,18H,1-4H3,(H,27,29)(H2,26,28,33)/t18-/m1/s1. The van der Waals surface area contributed by atoms with Crippen molar-refractivity contribution in [3.8, 4) is 17.2 Å². The molecule has 0 fully saturated rings. The minimum absolute atomic E-state index is 0.113. The second-order valence-corrected chi connectivity index (χ2v) is 11.0. The van der Waals surface area contributed by atoms with Crippen LogP contribution in [0.15, 0.2) is 33.2 Å². The molecule has 0 aliphatic rings. The molecule has 0 aliphatic carbocycles. The molecule has 0 aliphatic heterocycles. The van der Waals surface area contributed by atoms with E-state index in [1.54, 1.807) is 0 Å². The number of carbonyl (C=O) groups is 1. The topological polar surface area (TPSA) is 80.9 Å². The fourth-order valence-corrected chi connectivity index (χ4v) is 4.89. The van der Waals surface area contributed by atoms with E-state index < -0.39 is 15.9 Å². The molecule has 2 rings (SSSR count). The van der Waals surface area contributed by atoms with Crippen molar-refractivity contribution in [3.63, 3.8) is 0 Å². The number of carbonyl (C=O) groups excluding carboxylic acids is 1. The van der Waals surface area contributed by atoms with Crippen LogP contribution >= 0.6 is 78.9 Å². The van der Waals surface area contributed by atoms with Crippen molar-refractivity contribution in [2.75, 3.05) is 26.6 Å². The summed E-state index contributed by atoms with van der Waals surface area (Å²) in [5.41, 5.74) is 1.89. The van der Waals surface area contributed by atoms with E-state index in [4.69, 9.17) is 61.2 Å². The van der Waals surface area contributed by atoms with Crippen LogP contribution in [-0.4, -0.2) is 42.3 Å². The summed E-state index contributed by atoms with van der Waals surface area (Å²) in [5.74, 6) is 0.365. The van der Waals surface area contributed by atoms with Crippen LogP contribution < -0.4 is 30.2 Å². The van der Waals surface area contributed by atoms with Crippen LogP contribution in [-0.2, 0) is 0 Å². The van der Waals surface area contributed by atoms with Gasteiger partial charge in [0.2, 0.25) is 9.54 Å². The number of halogens is 5. The Morgan fingerprint density at radius 3 is 1.91 bits per heavy atom. The number of hydrogen-bond donors (Lipinski definition) is 3. The molecule has 2 aromatic rings. The first kappa shape index (κ1) is 28.1. The predicted octanol–water partition coefficient (Wildman–Crippen LogP) is 5.96. The highest BCUT2D eigenvalue weighted by atomic mass is 79.9. The minimum Gasteiger partial charge on any atom is -0.493 e. The molecule has 0 unspecified atom stereocenters. The zero-order valence-corrected chi connectivity index (χ0v) is 24.1. The van der Waals surface area contributed by atoms with Gasteiger partial charge < -0.3 is 30.2 Å². The van der Waals surface area contributed by atoms with Gasteiger partial charge in [-0.15, -0.1) is 0 Å². The van der Waals surface area contributed by atoms with Crippen LogP contribution in [0.25, 0.3) is 0 Å². The van der Waals surface area contributed by atoms with Crippen LogP contribution in [0.4, 0.5) is 5.69 Å². The Balaban J connectivity index is 2.25. The van der Waals surface area contributed by atoms with Gasteiger partial charge in [-0.3, -0.25) is 4.79 Å². The number of hydrogen-bond acceptors (Lipinski definition) is 5. The van der Waals surface area contributed by atoms with Crippen LogP contribution in [0.3, 0.4) is 0 Å². The minimum atomic E-state index is -1.94. The molecule has 1 atom stereocenters. The smallest absolute Gasteiger partial charge is 0.253 e. The lowest BCUT2D eigenvalue weighted by Gasteiger charge is -2.28. The average Bonchev–Trinajstić information content (AvgIpc) is 2.73. The van der Waals surface area contributed by atoms with Crippen molar-refractivity contribution < 1.29 is 19.0 Å². The van der Waals surface area contributed by atoms with E-state index in [1.165, 1.54) is 33.5 Å². The molecule has 7 nitrogen and oxygen atoms in total. The first-order valence-electron chi connectivity index (χ1n) is 9.12. The first-order chi connectivity index (χ1) is 15.4. The molecule has 13 heteroatoms. The Hall–Kier alpha value is -1.17. The van der Waals surface area contributed by atoms with Crippen LogP contribution in [0.1, 0.15) is 15.9 Å². The van der Waals surface area contributed by atoms with Gasteiger partial charge in [-0.05, 0) is 80.8 Å². The molecule has 0 radical (unpaired) electrons. The molecule has 0 aromatic heterocycles. The van der Waals surface area contributed by atoms with Crippen molar-refractivity contribution in [3.05, 3.63) is 44.3 Å². The number of thiocarbonyl (C=S) groups is 1. The lowest BCUT2D eigenvalue weighted by molar-refractivity contribution is 0.0933. The predicted molar refractivity (Wildman–Crippen MR) is 144 cm³/mol. The van der Waals surface area contributed by atoms with E-state index in [0.717, 1.165) is 14.5 Å². The van der Waals surface area contributed by atoms with Crippen molar-refractivity contribution in [2.45, 2.75) is 16.9 Å². The number of methoxy groups -OCH3 is 3. The molecule has 0 spiro atoms. The quantitative estimate of drug-likeness (QED) is 0.192. The van der Waals surface area contributed by atoms with Crippen LogP contribution in [0.5, 0.6) is 17.2 Å². The SMILES string of the molecule is COc1cc(C(=O)N[C@H](NC(=S)Nc2c(Br)cc(C)cc2Br)C(Cl)(Cl)Cl)cc(OC)c1OC. The van der Waals surface area contributed by atoms with E-state index in [0.29, 0.717) is 22.9 Å². The molecule has 1 amide bonds. The third-order valence-corrected chi connectivity index (χ3v) is 6.36. The Morgan fingerprint density at radius 1 is 0.970 bits per heavy atom. The fourth-order valence-electron chi connectivity index (χ4n) is 2.73. The van der Waals surface area contributed by atoms with Gasteiger partial charge in [-0.25, -0.2) is 0 Å². The summed E-state index contributed by atoms with van der Waals surface area (Å²) in [6.45, 7) is 1.95. The Bertz CT molecular complexity index is 1010. The number of anilines is 1. The summed E-state index contributed by atoms with van der Waals surface area (Å²) >= 11 is 30.6. The monoisotopic (exact) mass is 661 g/mol. The van der Waals surface area contributed by atoms with Gasteiger partial charge in [-0.1, -0.05) is 34.8 Å². The summed E-state index contributed by atoms with van der Waals surface area (Å²) in [6.07, 6.45) is -1.18. The molecule has 0 saturated carbocycles. The molecule has 33 heavy (non-hydrogen) atoms. The molecule has 180 valence electrons. The van der Waals surface area contributed by atoms with Gasteiger partial charge >= 0.3 is 0 Å². The van der Waals surface area contributed by atoms with Crippen molar-refractivity contribution in [2.24, 2.45) is 0 Å². The van der Waals surface area contributed by atoms with Crippen molar-refractivity contribution >= 4 is 95.6 Å². The molecule has 2 aromatic carbocycles. The van der Waals surface area contributed by atoms with Crippen LogP contribution in [0, 0.1) is 6.92 Å². The molecule has 3 N–H and O–H groups in total. The first-order valence-corrected chi connectivity index (χ1v) is 12.2. The third-order valence-electron chi connectivity index (χ3n) is 4.23. The molecular weight excluding hydrogens is 644 g/mol. The summed E-state index contributed by atoms with van der Waals surface area (Å²) < 4.78 is 15.4. The number of nitrogens with one attached hydrogen (secondary N) is 3. The van der Waals surface area contributed by atoms with Gasteiger partial charge in [0.1, 0.15) is 6.17 Å². The second-order valence-electron chi connectivity index (χ2n) is 6.56. The van der Waals surface area contributed by atoms with Crippen molar-refractivity contribution in [1.82, 2.24) is 10.6 Å². The number of alkyl halides is 3. The summed E-state index contributed by atoms with van der Waals surface area (Å²) in [5, 5.41) is 8.57. The Morgan fingerprint density at radius 2 is 1.48 bits per heavy atom. The van der Waals surface area contributed by atoms with E-state index >= 15 is 0 Å². The number of rotatable bonds is 7. The average molecular weight is 665 g/mol. The van der Waals surface area contributed by atoms with Gasteiger partial charge in [0, 0.05) is 14.5 Å². The third kappa shape index (κ3) is 7.40. The number of amides is 1. The normalized spacial score (nSPS) is 11.9. The maximum atomic E-state index is 13.0. The van der Waals surface area contributed by atoms with Gasteiger partial charge in [0.25, 0.3) is 5.91 Å². The molecule has 0 heterocycles. The summed E-state index contributed by atoms with van der Waals surface area (Å²) in [6, 6.07) is 6.77.